The monoisotopic (exact) mass is 442 g/mol. The fourth-order valence-electron chi connectivity index (χ4n) is 4.52. The third kappa shape index (κ3) is 4.17. The first-order valence-corrected chi connectivity index (χ1v) is 10.9. The summed E-state index contributed by atoms with van der Waals surface area (Å²) in [6.45, 7) is 5.01. The lowest BCUT2D eigenvalue weighted by molar-refractivity contribution is -0.134. The van der Waals surface area contributed by atoms with E-state index < -0.39 is 0 Å². The van der Waals surface area contributed by atoms with Crippen molar-refractivity contribution in [2.45, 2.75) is 24.8 Å². The number of hydrogen-bond donors (Lipinski definition) is 0. The summed E-state index contributed by atoms with van der Waals surface area (Å²) in [4.78, 5) is 17.3. The summed E-state index contributed by atoms with van der Waals surface area (Å²) >= 11 is 3.55. The van der Waals surface area contributed by atoms with E-state index in [0.717, 1.165) is 62.3 Å². The van der Waals surface area contributed by atoms with Crippen LogP contribution in [0.25, 0.3) is 0 Å². The predicted molar refractivity (Wildman–Crippen MR) is 114 cm³/mol. The van der Waals surface area contributed by atoms with Gasteiger partial charge in [-0.15, -0.1) is 0 Å². The van der Waals surface area contributed by atoms with Crippen LogP contribution < -0.4 is 0 Å². The third-order valence-electron chi connectivity index (χ3n) is 6.14. The first kappa shape index (κ1) is 19.6. The Labute approximate surface area is 175 Å². The average Bonchev–Trinajstić information content (AvgIpc) is 2.75. The molecule has 0 bridgehead atoms. The van der Waals surface area contributed by atoms with Crippen LogP contribution in [0.15, 0.2) is 59.1 Å². The number of halogens is 1. The van der Waals surface area contributed by atoms with Gasteiger partial charge in [-0.05, 0) is 36.1 Å². The Bertz CT molecular complexity index is 780. The lowest BCUT2D eigenvalue weighted by Crippen LogP contribution is -2.58. The van der Waals surface area contributed by atoms with Crippen LogP contribution >= 0.6 is 15.9 Å². The fraction of sp³-hybridized carbons (Fsp3) is 0.435. The highest BCUT2D eigenvalue weighted by Crippen LogP contribution is 2.39. The fourth-order valence-corrected chi connectivity index (χ4v) is 4.79. The van der Waals surface area contributed by atoms with E-state index in [1.807, 2.05) is 35.2 Å². The summed E-state index contributed by atoms with van der Waals surface area (Å²) in [5.74, 6) is 0.232. The molecule has 5 heteroatoms. The van der Waals surface area contributed by atoms with E-state index in [1.165, 1.54) is 5.56 Å². The van der Waals surface area contributed by atoms with Gasteiger partial charge in [-0.25, -0.2) is 0 Å². The van der Waals surface area contributed by atoms with Crippen LogP contribution in [-0.2, 0) is 21.5 Å². The number of carbonyl (C=O) groups is 1. The number of rotatable bonds is 4. The molecule has 2 aliphatic rings. The molecule has 28 heavy (non-hydrogen) atoms. The van der Waals surface area contributed by atoms with Gasteiger partial charge in [-0.3, -0.25) is 9.69 Å². The molecule has 0 saturated carbocycles. The molecule has 4 rings (SSSR count). The van der Waals surface area contributed by atoms with Gasteiger partial charge in [0.05, 0.1) is 12.0 Å². The smallest absolute Gasteiger partial charge is 0.227 e. The first-order chi connectivity index (χ1) is 13.7. The van der Waals surface area contributed by atoms with Crippen molar-refractivity contribution in [1.82, 2.24) is 9.80 Å². The molecule has 4 nitrogen and oxygen atoms in total. The zero-order valence-electron chi connectivity index (χ0n) is 16.1. The highest BCUT2D eigenvalue weighted by molar-refractivity contribution is 9.10. The zero-order chi connectivity index (χ0) is 19.4. The maximum atomic E-state index is 12.7. The summed E-state index contributed by atoms with van der Waals surface area (Å²) in [5.41, 5.74) is 2.47. The second-order valence-electron chi connectivity index (χ2n) is 7.68. The number of hydrogen-bond acceptors (Lipinski definition) is 3. The molecule has 1 amide bonds. The molecule has 0 aliphatic carbocycles. The molecule has 2 aromatic carbocycles. The van der Waals surface area contributed by atoms with E-state index >= 15 is 0 Å². The number of amides is 1. The molecule has 2 heterocycles. The Morgan fingerprint density at radius 1 is 0.929 bits per heavy atom. The van der Waals surface area contributed by atoms with Crippen molar-refractivity contribution in [3.63, 3.8) is 0 Å². The molecular weight excluding hydrogens is 416 g/mol. The Balaban J connectivity index is 1.44. The lowest BCUT2D eigenvalue weighted by Gasteiger charge is -2.50. The van der Waals surface area contributed by atoms with Crippen LogP contribution in [0.1, 0.15) is 24.0 Å². The molecule has 0 N–H and O–H groups in total. The molecule has 148 valence electrons. The Morgan fingerprint density at radius 2 is 1.57 bits per heavy atom. The van der Waals surface area contributed by atoms with Crippen LogP contribution in [0.5, 0.6) is 0 Å². The molecule has 2 fully saturated rings. The van der Waals surface area contributed by atoms with Crippen molar-refractivity contribution in [3.8, 4) is 0 Å². The highest BCUT2D eigenvalue weighted by atomic mass is 79.9. The van der Waals surface area contributed by atoms with Crippen LogP contribution in [0.4, 0.5) is 0 Å². The van der Waals surface area contributed by atoms with Crippen LogP contribution in [0.2, 0.25) is 0 Å². The van der Waals surface area contributed by atoms with Crippen molar-refractivity contribution in [3.05, 3.63) is 70.2 Å². The quantitative estimate of drug-likeness (QED) is 0.720. The minimum atomic E-state index is 0.0213. The maximum absolute atomic E-state index is 12.7. The van der Waals surface area contributed by atoms with E-state index in [9.17, 15) is 4.79 Å². The summed E-state index contributed by atoms with van der Waals surface area (Å²) in [7, 11) is 0. The second-order valence-corrected chi connectivity index (χ2v) is 8.60. The van der Waals surface area contributed by atoms with Gasteiger partial charge >= 0.3 is 0 Å². The molecule has 2 saturated heterocycles. The highest BCUT2D eigenvalue weighted by Gasteiger charge is 2.41. The molecule has 0 radical (unpaired) electrons. The molecular formula is C23H27BrN2O2. The summed E-state index contributed by atoms with van der Waals surface area (Å²) in [6, 6.07) is 18.8. The Kier molecular flexibility index (Phi) is 6.14. The molecule has 0 spiro atoms. The third-order valence-corrected chi connectivity index (χ3v) is 6.67. The van der Waals surface area contributed by atoms with E-state index in [-0.39, 0.29) is 11.4 Å². The van der Waals surface area contributed by atoms with Gasteiger partial charge in [-0.2, -0.15) is 0 Å². The summed E-state index contributed by atoms with van der Waals surface area (Å²) in [6.07, 6.45) is 2.51. The van der Waals surface area contributed by atoms with Crippen molar-refractivity contribution in [1.29, 1.82) is 0 Å². The largest absolute Gasteiger partial charge is 0.381 e. The van der Waals surface area contributed by atoms with Gasteiger partial charge in [0.1, 0.15) is 0 Å². The average molecular weight is 443 g/mol. The van der Waals surface area contributed by atoms with Crippen molar-refractivity contribution in [2.75, 3.05) is 39.4 Å². The van der Waals surface area contributed by atoms with Gasteiger partial charge in [0.15, 0.2) is 0 Å². The van der Waals surface area contributed by atoms with E-state index in [1.54, 1.807) is 0 Å². The second kappa shape index (κ2) is 8.76. The standard InChI is InChI=1S/C23H27BrN2O2/c24-21-8-6-20(7-9-21)23(10-16-28-17-11-23)26-14-12-25(13-15-26)22(27)18-19-4-2-1-3-5-19/h1-9H,10-18H2. The zero-order valence-corrected chi connectivity index (χ0v) is 17.7. The number of nitrogens with zero attached hydrogens (tertiary/aromatic N) is 2. The van der Waals surface area contributed by atoms with Crippen LogP contribution in [0.3, 0.4) is 0 Å². The number of carbonyl (C=O) groups excluding carboxylic acids is 1. The first-order valence-electron chi connectivity index (χ1n) is 10.1. The topological polar surface area (TPSA) is 32.8 Å². The number of benzene rings is 2. The number of piperazine rings is 1. The summed E-state index contributed by atoms with van der Waals surface area (Å²) < 4.78 is 6.79. The van der Waals surface area contributed by atoms with E-state index in [2.05, 4.69) is 45.1 Å². The molecule has 0 aromatic heterocycles. The van der Waals surface area contributed by atoms with Gasteiger partial charge in [0.25, 0.3) is 0 Å². The van der Waals surface area contributed by atoms with Crippen molar-refractivity contribution < 1.29 is 9.53 Å². The normalized spacial score (nSPS) is 20.1. The number of ether oxygens (including phenoxy) is 1. The van der Waals surface area contributed by atoms with Crippen LogP contribution in [0, 0.1) is 0 Å². The van der Waals surface area contributed by atoms with Crippen LogP contribution in [-0.4, -0.2) is 55.1 Å². The molecule has 2 aromatic rings. The van der Waals surface area contributed by atoms with Crippen molar-refractivity contribution >= 4 is 21.8 Å². The predicted octanol–water partition coefficient (Wildman–Crippen LogP) is 3.84. The van der Waals surface area contributed by atoms with Crippen molar-refractivity contribution in [2.24, 2.45) is 0 Å². The summed E-state index contributed by atoms with van der Waals surface area (Å²) in [5, 5.41) is 0. The molecule has 0 unspecified atom stereocenters. The van der Waals surface area contributed by atoms with E-state index in [0.29, 0.717) is 6.42 Å². The van der Waals surface area contributed by atoms with Gasteiger partial charge in [-0.1, -0.05) is 58.4 Å². The minimum absolute atomic E-state index is 0.0213. The van der Waals surface area contributed by atoms with Gasteiger partial charge in [0, 0.05) is 43.9 Å². The lowest BCUT2D eigenvalue weighted by atomic mass is 9.80. The Morgan fingerprint density at radius 3 is 2.21 bits per heavy atom. The Hall–Kier alpha value is -1.69. The molecule has 2 aliphatic heterocycles. The van der Waals surface area contributed by atoms with Gasteiger partial charge in [0.2, 0.25) is 5.91 Å². The van der Waals surface area contributed by atoms with Gasteiger partial charge < -0.3 is 9.64 Å². The SMILES string of the molecule is O=C(Cc1ccccc1)N1CCN(C2(c3ccc(Br)cc3)CCOCC2)CC1. The minimum Gasteiger partial charge on any atom is -0.381 e. The molecule has 0 atom stereocenters. The maximum Gasteiger partial charge on any atom is 0.227 e. The van der Waals surface area contributed by atoms with E-state index in [4.69, 9.17) is 4.74 Å².